The van der Waals surface area contributed by atoms with Gasteiger partial charge in [0.15, 0.2) is 0 Å². The summed E-state index contributed by atoms with van der Waals surface area (Å²) in [6, 6.07) is 5.63. The van der Waals surface area contributed by atoms with E-state index < -0.39 is 0 Å². The highest BCUT2D eigenvalue weighted by Crippen LogP contribution is 2.22. The van der Waals surface area contributed by atoms with Gasteiger partial charge in [0.25, 0.3) is 5.91 Å². The number of aryl methyl sites for hydroxylation is 2. The topological polar surface area (TPSA) is 74.0 Å². The maximum atomic E-state index is 12.2. The Hall–Kier alpha value is -2.30. The summed E-state index contributed by atoms with van der Waals surface area (Å²) in [7, 11) is 0. The number of amides is 2. The molecule has 0 unspecified atom stereocenters. The van der Waals surface area contributed by atoms with Crippen LogP contribution in [0, 0.1) is 19.8 Å². The van der Waals surface area contributed by atoms with E-state index in [1.54, 1.807) is 6.07 Å². The van der Waals surface area contributed by atoms with Gasteiger partial charge in [-0.1, -0.05) is 13.8 Å². The number of fused-ring (bicyclic) bond motifs is 1. The van der Waals surface area contributed by atoms with Crippen molar-refractivity contribution in [2.24, 2.45) is 5.92 Å². The van der Waals surface area contributed by atoms with Crippen molar-refractivity contribution in [1.29, 1.82) is 0 Å². The quantitative estimate of drug-likeness (QED) is 0.741. The van der Waals surface area contributed by atoms with Crippen LogP contribution < -0.4 is 10.6 Å². The minimum absolute atomic E-state index is 0.00547. The molecule has 2 rings (SSSR count). The largest absolute Gasteiger partial charge is 0.358 e. The molecule has 0 saturated carbocycles. The highest BCUT2D eigenvalue weighted by atomic mass is 16.2. The number of aromatic amines is 1. The molecule has 2 amide bonds. The molecule has 1 aromatic heterocycles. The first-order valence-electron chi connectivity index (χ1n) is 7.55. The van der Waals surface area contributed by atoms with E-state index in [4.69, 9.17) is 0 Å². The van der Waals surface area contributed by atoms with Gasteiger partial charge in [-0.3, -0.25) is 9.59 Å². The predicted molar refractivity (Wildman–Crippen MR) is 88.0 cm³/mol. The van der Waals surface area contributed by atoms with Gasteiger partial charge < -0.3 is 15.6 Å². The molecule has 22 heavy (non-hydrogen) atoms. The highest BCUT2D eigenvalue weighted by Gasteiger charge is 2.10. The highest BCUT2D eigenvalue weighted by molar-refractivity contribution is 5.99. The van der Waals surface area contributed by atoms with Gasteiger partial charge in [-0.15, -0.1) is 0 Å². The van der Waals surface area contributed by atoms with Gasteiger partial charge in [0.2, 0.25) is 5.91 Å². The second kappa shape index (κ2) is 6.64. The van der Waals surface area contributed by atoms with Crippen LogP contribution in [0.3, 0.4) is 0 Å². The Kier molecular flexibility index (Phi) is 4.85. The van der Waals surface area contributed by atoms with Crippen molar-refractivity contribution in [3.63, 3.8) is 0 Å². The van der Waals surface area contributed by atoms with Gasteiger partial charge in [0, 0.05) is 41.2 Å². The van der Waals surface area contributed by atoms with E-state index in [0.717, 1.165) is 22.2 Å². The number of benzene rings is 1. The second-order valence-corrected chi connectivity index (χ2v) is 5.84. The van der Waals surface area contributed by atoms with Gasteiger partial charge in [-0.2, -0.15) is 0 Å². The smallest absolute Gasteiger partial charge is 0.251 e. The van der Waals surface area contributed by atoms with Crippen LogP contribution in [0.25, 0.3) is 10.9 Å². The van der Waals surface area contributed by atoms with Crippen LogP contribution >= 0.6 is 0 Å². The molecule has 1 aromatic carbocycles. The molecule has 0 spiro atoms. The van der Waals surface area contributed by atoms with Crippen LogP contribution in [0.5, 0.6) is 0 Å². The fraction of sp³-hybridized carbons (Fsp3) is 0.412. The van der Waals surface area contributed by atoms with E-state index in [1.807, 2.05) is 39.8 Å². The lowest BCUT2D eigenvalue weighted by Crippen LogP contribution is -2.36. The molecule has 0 radical (unpaired) electrons. The molecule has 3 N–H and O–H groups in total. The molecule has 2 aromatic rings. The fourth-order valence-corrected chi connectivity index (χ4v) is 2.27. The number of carbonyl (C=O) groups excluding carboxylic acids is 2. The average Bonchev–Trinajstić information content (AvgIpc) is 2.77. The number of H-pyrrole nitrogens is 1. The number of carbonyl (C=O) groups is 2. The monoisotopic (exact) mass is 301 g/mol. The van der Waals surface area contributed by atoms with E-state index in [0.29, 0.717) is 18.7 Å². The van der Waals surface area contributed by atoms with Crippen molar-refractivity contribution in [3.05, 3.63) is 35.0 Å². The number of hydrogen-bond donors (Lipinski definition) is 3. The van der Waals surface area contributed by atoms with Crippen molar-refractivity contribution in [3.8, 4) is 0 Å². The van der Waals surface area contributed by atoms with Crippen LogP contribution in [0.1, 0.15) is 35.5 Å². The minimum Gasteiger partial charge on any atom is -0.358 e. The SMILES string of the molecule is Cc1[nH]c2ccc(C(=O)NCCNC(=O)C(C)C)cc2c1C. The van der Waals surface area contributed by atoms with Gasteiger partial charge in [0.05, 0.1) is 0 Å². The van der Waals surface area contributed by atoms with Crippen LogP contribution in [-0.4, -0.2) is 29.9 Å². The van der Waals surface area contributed by atoms with Crippen molar-refractivity contribution < 1.29 is 9.59 Å². The molecule has 5 heteroatoms. The van der Waals surface area contributed by atoms with Crippen LogP contribution in [-0.2, 0) is 4.79 Å². The van der Waals surface area contributed by atoms with E-state index in [1.165, 1.54) is 0 Å². The molecule has 0 aliphatic rings. The summed E-state index contributed by atoms with van der Waals surface area (Å²) in [6.07, 6.45) is 0. The maximum absolute atomic E-state index is 12.2. The zero-order valence-electron chi connectivity index (χ0n) is 13.5. The Morgan fingerprint density at radius 1 is 1.14 bits per heavy atom. The summed E-state index contributed by atoms with van der Waals surface area (Å²) in [5.74, 6) is -0.175. The van der Waals surface area contributed by atoms with Crippen LogP contribution in [0.4, 0.5) is 0 Å². The lowest BCUT2D eigenvalue weighted by molar-refractivity contribution is -0.123. The molecule has 118 valence electrons. The summed E-state index contributed by atoms with van der Waals surface area (Å²) in [6.45, 7) is 8.59. The van der Waals surface area contributed by atoms with E-state index >= 15 is 0 Å². The zero-order valence-corrected chi connectivity index (χ0v) is 13.5. The molecule has 0 aliphatic carbocycles. The van der Waals surface area contributed by atoms with Gasteiger partial charge in [-0.05, 0) is 37.6 Å². The third-order valence-corrected chi connectivity index (χ3v) is 3.80. The molecule has 5 nitrogen and oxygen atoms in total. The first-order valence-corrected chi connectivity index (χ1v) is 7.55. The Balaban J connectivity index is 1.95. The van der Waals surface area contributed by atoms with Crippen molar-refractivity contribution >= 4 is 22.7 Å². The Bertz CT molecular complexity index is 701. The number of aromatic nitrogens is 1. The Morgan fingerprint density at radius 3 is 2.50 bits per heavy atom. The average molecular weight is 301 g/mol. The lowest BCUT2D eigenvalue weighted by Gasteiger charge is -2.09. The predicted octanol–water partition coefficient (Wildman–Crippen LogP) is 2.29. The summed E-state index contributed by atoms with van der Waals surface area (Å²) in [5, 5.41) is 6.66. The first-order chi connectivity index (χ1) is 10.4. The number of hydrogen-bond acceptors (Lipinski definition) is 2. The van der Waals surface area contributed by atoms with E-state index in [2.05, 4.69) is 15.6 Å². The fourth-order valence-electron chi connectivity index (χ4n) is 2.27. The third-order valence-electron chi connectivity index (χ3n) is 3.80. The van der Waals surface area contributed by atoms with Crippen molar-refractivity contribution in [1.82, 2.24) is 15.6 Å². The number of nitrogens with one attached hydrogen (secondary N) is 3. The van der Waals surface area contributed by atoms with Crippen LogP contribution in [0.15, 0.2) is 18.2 Å². The molecular weight excluding hydrogens is 278 g/mol. The molecule has 0 bridgehead atoms. The second-order valence-electron chi connectivity index (χ2n) is 5.84. The summed E-state index contributed by atoms with van der Waals surface area (Å²) >= 11 is 0. The number of rotatable bonds is 5. The lowest BCUT2D eigenvalue weighted by atomic mass is 10.1. The maximum Gasteiger partial charge on any atom is 0.251 e. The van der Waals surface area contributed by atoms with Crippen molar-refractivity contribution in [2.75, 3.05) is 13.1 Å². The standard InChI is InChI=1S/C17H23N3O2/c1-10(2)16(21)18-7-8-19-17(22)13-5-6-15-14(9-13)11(3)12(4)20-15/h5-6,9-10,20H,7-8H2,1-4H3,(H,18,21)(H,19,22). The van der Waals surface area contributed by atoms with Gasteiger partial charge >= 0.3 is 0 Å². The molecular formula is C17H23N3O2. The molecule has 0 fully saturated rings. The molecule has 0 saturated heterocycles. The van der Waals surface area contributed by atoms with E-state index in [-0.39, 0.29) is 17.7 Å². The third kappa shape index (κ3) is 3.47. The van der Waals surface area contributed by atoms with E-state index in [9.17, 15) is 9.59 Å². The van der Waals surface area contributed by atoms with Crippen molar-refractivity contribution in [2.45, 2.75) is 27.7 Å². The summed E-state index contributed by atoms with van der Waals surface area (Å²) < 4.78 is 0. The molecule has 0 atom stereocenters. The Labute approximate surface area is 130 Å². The normalized spacial score (nSPS) is 11.0. The summed E-state index contributed by atoms with van der Waals surface area (Å²) in [5.41, 5.74) is 3.94. The summed E-state index contributed by atoms with van der Waals surface area (Å²) in [4.78, 5) is 26.9. The first kappa shape index (κ1) is 16.1. The molecule has 0 aliphatic heterocycles. The Morgan fingerprint density at radius 2 is 1.82 bits per heavy atom. The molecule has 1 heterocycles. The van der Waals surface area contributed by atoms with Gasteiger partial charge in [0.1, 0.15) is 0 Å². The zero-order chi connectivity index (χ0) is 16.3. The minimum atomic E-state index is -0.126. The van der Waals surface area contributed by atoms with Gasteiger partial charge in [-0.25, -0.2) is 0 Å². The van der Waals surface area contributed by atoms with Crippen LogP contribution in [0.2, 0.25) is 0 Å².